The largest absolute Gasteiger partial charge is 0.449 e. The third-order valence-electron chi connectivity index (χ3n) is 1.47. The van der Waals surface area contributed by atoms with Gasteiger partial charge in [-0.15, -0.1) is 0 Å². The minimum absolute atomic E-state index is 0.0118. The normalized spacial score (nSPS) is 13.5. The van der Waals surface area contributed by atoms with Crippen molar-refractivity contribution in [2.45, 2.75) is 12.5 Å². The number of nitrogens with zero attached hydrogens (tertiary/aromatic N) is 1. The molecule has 15 heavy (non-hydrogen) atoms. The minimum Gasteiger partial charge on any atom is -0.351 e. The molecule has 0 aliphatic carbocycles. The lowest BCUT2D eigenvalue weighted by Gasteiger charge is -2.06. The fourth-order valence-electron chi connectivity index (χ4n) is 0.877. The molecule has 0 aliphatic heterocycles. The summed E-state index contributed by atoms with van der Waals surface area (Å²) in [7, 11) is -4.81. The maximum absolute atomic E-state index is 11.0. The van der Waals surface area contributed by atoms with E-state index in [1.807, 2.05) is 0 Å². The lowest BCUT2D eigenvalue weighted by Crippen LogP contribution is -2.35. The summed E-state index contributed by atoms with van der Waals surface area (Å²) in [5.74, 6) is -1.24. The predicted octanol–water partition coefficient (Wildman–Crippen LogP) is -1.37. The van der Waals surface area contributed by atoms with Gasteiger partial charge in [-0.1, -0.05) is 0 Å². The van der Waals surface area contributed by atoms with Crippen LogP contribution >= 0.6 is 0 Å². The Hall–Kier alpha value is -1.45. The fourth-order valence-corrected chi connectivity index (χ4v) is 1.21. The first-order chi connectivity index (χ1) is 6.88. The Morgan fingerprint density at radius 3 is 2.87 bits per heavy atom. The van der Waals surface area contributed by atoms with Crippen LogP contribution in [0.1, 0.15) is 5.69 Å². The van der Waals surface area contributed by atoms with Crippen molar-refractivity contribution >= 4 is 16.4 Å². The summed E-state index contributed by atoms with van der Waals surface area (Å²) in [6.45, 7) is 0. The van der Waals surface area contributed by atoms with Gasteiger partial charge >= 0.3 is 16.4 Å². The van der Waals surface area contributed by atoms with Gasteiger partial charge in [-0.3, -0.25) is 4.55 Å². The molecule has 0 unspecified atom stereocenters. The first-order valence-corrected chi connectivity index (χ1v) is 5.19. The summed E-state index contributed by atoms with van der Waals surface area (Å²) in [5.41, 5.74) is 5.79. The Labute approximate surface area is 85.4 Å². The summed E-state index contributed by atoms with van der Waals surface area (Å²) in [4.78, 5) is 17.4. The predicted molar refractivity (Wildman–Crippen MR) is 47.9 cm³/mol. The highest BCUT2D eigenvalue weighted by molar-refractivity contribution is 7.81. The minimum atomic E-state index is -4.81. The van der Waals surface area contributed by atoms with Crippen LogP contribution in [0.3, 0.4) is 0 Å². The lowest BCUT2D eigenvalue weighted by molar-refractivity contribution is -0.135. The molecule has 0 radical (unpaired) electrons. The van der Waals surface area contributed by atoms with Gasteiger partial charge in [0, 0.05) is 12.6 Å². The van der Waals surface area contributed by atoms with Gasteiger partial charge in [0.1, 0.15) is 6.04 Å². The van der Waals surface area contributed by atoms with Gasteiger partial charge in [0.05, 0.1) is 12.0 Å². The number of aromatic amines is 1. The molecule has 1 heterocycles. The van der Waals surface area contributed by atoms with Crippen molar-refractivity contribution in [3.63, 3.8) is 0 Å². The average Bonchev–Trinajstić information content (AvgIpc) is 2.53. The standard InChI is InChI=1S/C6H9N3O5S/c7-5(1-4-2-8-3-9-4)6(10)14-15(11,12)13/h2-3,5H,1,7H2,(H,8,9)(H,11,12,13)/t5-/m0/s1. The van der Waals surface area contributed by atoms with Crippen LogP contribution < -0.4 is 5.73 Å². The molecule has 0 spiro atoms. The second kappa shape index (κ2) is 4.38. The van der Waals surface area contributed by atoms with Gasteiger partial charge in [0.25, 0.3) is 0 Å². The maximum Gasteiger partial charge on any atom is 0.449 e. The number of hydrogen-bond donors (Lipinski definition) is 3. The van der Waals surface area contributed by atoms with Crippen LogP contribution in [0.25, 0.3) is 0 Å². The summed E-state index contributed by atoms with van der Waals surface area (Å²) < 4.78 is 32.3. The van der Waals surface area contributed by atoms with Crippen LogP contribution in [0, 0.1) is 0 Å². The first kappa shape index (κ1) is 11.6. The van der Waals surface area contributed by atoms with Crippen LogP contribution in [0.2, 0.25) is 0 Å². The molecule has 9 heteroatoms. The zero-order valence-electron chi connectivity index (χ0n) is 7.45. The smallest absolute Gasteiger partial charge is 0.351 e. The number of hydrogen-bond acceptors (Lipinski definition) is 6. The van der Waals surface area contributed by atoms with Crippen molar-refractivity contribution in [2.24, 2.45) is 5.73 Å². The van der Waals surface area contributed by atoms with Gasteiger partial charge in [-0.25, -0.2) is 9.78 Å². The summed E-state index contributed by atoms with van der Waals surface area (Å²) in [6, 6.07) is -1.20. The highest BCUT2D eigenvalue weighted by Gasteiger charge is 2.21. The fraction of sp³-hybridized carbons (Fsp3) is 0.333. The van der Waals surface area contributed by atoms with E-state index in [-0.39, 0.29) is 6.42 Å². The SMILES string of the molecule is N[C@@H](Cc1c[nH]cn1)C(=O)OS(=O)(=O)O. The topological polar surface area (TPSA) is 135 Å². The zero-order chi connectivity index (χ0) is 11.5. The molecule has 1 aromatic heterocycles. The van der Waals surface area contributed by atoms with Crippen LogP contribution in [-0.4, -0.2) is 34.9 Å². The van der Waals surface area contributed by atoms with E-state index in [0.717, 1.165) is 0 Å². The maximum atomic E-state index is 11.0. The van der Waals surface area contributed by atoms with Crippen molar-refractivity contribution < 1.29 is 21.9 Å². The highest BCUT2D eigenvalue weighted by atomic mass is 32.3. The molecule has 0 aliphatic rings. The quantitative estimate of drug-likeness (QED) is 0.547. The van der Waals surface area contributed by atoms with E-state index in [1.54, 1.807) is 0 Å². The molecule has 0 bridgehead atoms. The lowest BCUT2D eigenvalue weighted by atomic mass is 10.2. The second-order valence-corrected chi connectivity index (χ2v) is 3.72. The van der Waals surface area contributed by atoms with Crippen molar-refractivity contribution in [2.75, 3.05) is 0 Å². The molecule has 1 rings (SSSR count). The summed E-state index contributed by atoms with van der Waals surface area (Å²) in [6.07, 6.45) is 2.90. The number of H-pyrrole nitrogens is 1. The summed E-state index contributed by atoms with van der Waals surface area (Å²) >= 11 is 0. The van der Waals surface area contributed by atoms with Crippen molar-refractivity contribution in [3.05, 3.63) is 18.2 Å². The van der Waals surface area contributed by atoms with E-state index in [2.05, 4.69) is 14.2 Å². The second-order valence-electron chi connectivity index (χ2n) is 2.70. The van der Waals surface area contributed by atoms with Gasteiger partial charge in [-0.05, 0) is 0 Å². The Kier molecular flexibility index (Phi) is 3.39. The molecular weight excluding hydrogens is 226 g/mol. The number of imidazole rings is 1. The van der Waals surface area contributed by atoms with Crippen LogP contribution in [-0.2, 0) is 25.8 Å². The molecule has 0 saturated heterocycles. The summed E-state index contributed by atoms with van der Waals surface area (Å²) in [5, 5.41) is 0. The Bertz CT molecular complexity index is 426. The number of aromatic nitrogens is 2. The molecule has 84 valence electrons. The molecule has 0 saturated carbocycles. The van der Waals surface area contributed by atoms with Gasteiger partial charge in [-0.2, -0.15) is 8.42 Å². The molecule has 8 nitrogen and oxygen atoms in total. The van der Waals surface area contributed by atoms with Crippen molar-refractivity contribution in [3.8, 4) is 0 Å². The molecule has 1 aromatic rings. The van der Waals surface area contributed by atoms with Crippen LogP contribution in [0.4, 0.5) is 0 Å². The van der Waals surface area contributed by atoms with Gasteiger partial charge in [0.15, 0.2) is 0 Å². The first-order valence-electron chi connectivity index (χ1n) is 3.82. The molecular formula is C6H9N3O5S. The van der Waals surface area contributed by atoms with Gasteiger partial charge in [0.2, 0.25) is 0 Å². The molecule has 1 atom stereocenters. The molecule has 0 fully saturated rings. The zero-order valence-corrected chi connectivity index (χ0v) is 8.27. The molecule has 0 aromatic carbocycles. The van der Waals surface area contributed by atoms with Crippen molar-refractivity contribution in [1.29, 1.82) is 0 Å². The van der Waals surface area contributed by atoms with E-state index in [9.17, 15) is 13.2 Å². The van der Waals surface area contributed by atoms with Crippen LogP contribution in [0.15, 0.2) is 12.5 Å². The monoisotopic (exact) mass is 235 g/mol. The van der Waals surface area contributed by atoms with E-state index in [4.69, 9.17) is 10.3 Å². The molecule has 4 N–H and O–H groups in total. The number of nitrogens with one attached hydrogen (secondary N) is 1. The Balaban J connectivity index is 2.54. The van der Waals surface area contributed by atoms with Crippen molar-refractivity contribution in [1.82, 2.24) is 9.97 Å². The third-order valence-corrected chi connectivity index (χ3v) is 1.85. The number of carbonyl (C=O) groups excluding carboxylic acids is 1. The third kappa shape index (κ3) is 4.06. The van der Waals surface area contributed by atoms with Gasteiger partial charge < -0.3 is 14.9 Å². The Morgan fingerprint density at radius 1 is 1.73 bits per heavy atom. The van der Waals surface area contributed by atoms with Crippen LogP contribution in [0.5, 0.6) is 0 Å². The average molecular weight is 235 g/mol. The van der Waals surface area contributed by atoms with E-state index >= 15 is 0 Å². The molecule has 0 amide bonds. The van der Waals surface area contributed by atoms with E-state index in [1.165, 1.54) is 12.5 Å². The Morgan fingerprint density at radius 2 is 2.40 bits per heavy atom. The van der Waals surface area contributed by atoms with E-state index in [0.29, 0.717) is 5.69 Å². The number of rotatable bonds is 4. The highest BCUT2D eigenvalue weighted by Crippen LogP contribution is 1.99. The number of nitrogens with two attached hydrogens (primary N) is 1. The number of carbonyl (C=O) groups is 1. The van der Waals surface area contributed by atoms with E-state index < -0.39 is 22.4 Å².